The second kappa shape index (κ2) is 40.6. The van der Waals surface area contributed by atoms with Gasteiger partial charge in [-0.25, -0.2) is 0 Å². The van der Waals surface area contributed by atoms with E-state index in [1.807, 2.05) is 0 Å². The molecular formula is C60H84NaO4-2. The summed E-state index contributed by atoms with van der Waals surface area (Å²) in [5, 5.41) is 17.2. The molecule has 4 rings (SSSR count). The van der Waals surface area contributed by atoms with Gasteiger partial charge in [0.1, 0.15) is 0 Å². The van der Waals surface area contributed by atoms with Crippen molar-refractivity contribution >= 4 is 41.5 Å². The molecule has 0 amide bonds. The number of allylic oxidation sites excluding steroid dienone is 4. The van der Waals surface area contributed by atoms with Crippen LogP contribution in [0, 0.1) is 0 Å². The number of unbranched alkanes of at least 4 members (excludes halogenated alkanes) is 22. The molecule has 5 heteroatoms. The molecule has 0 atom stereocenters. The van der Waals surface area contributed by atoms with Gasteiger partial charge < -0.3 is 39.8 Å². The Morgan fingerprint density at radius 3 is 0.908 bits per heavy atom. The van der Waals surface area contributed by atoms with Gasteiger partial charge in [-0.05, 0) is 123 Å². The molecule has 4 aromatic carbocycles. The molecular weight excluding hydrogens is 808 g/mol. The topological polar surface area (TPSA) is 74.6 Å². The molecule has 0 unspecified atom stereocenters. The van der Waals surface area contributed by atoms with Gasteiger partial charge in [0.15, 0.2) is 0 Å². The Balaban J connectivity index is 0.000000440. The molecule has 351 valence electrons. The van der Waals surface area contributed by atoms with Crippen LogP contribution in [-0.4, -0.2) is 51.7 Å². The van der Waals surface area contributed by atoms with Gasteiger partial charge in [0.2, 0.25) is 0 Å². The Labute approximate surface area is 418 Å². The van der Waals surface area contributed by atoms with E-state index >= 15 is 0 Å². The van der Waals surface area contributed by atoms with Gasteiger partial charge in [-0.2, -0.15) is 0 Å². The number of aryl methyl sites for hydroxylation is 2. The van der Waals surface area contributed by atoms with Crippen LogP contribution >= 0.6 is 0 Å². The zero-order valence-electron chi connectivity index (χ0n) is 40.6. The second-order valence-corrected chi connectivity index (χ2v) is 17.7. The standard InChI is InChI=1S/2C30H42O2.Na/c2*31-30(32)26-18-13-11-9-7-5-3-1-2-4-6-8-10-12-15-21-28-24-19-20-25-29(28)27-22-16-14-17-23-27;/h2*1,3,14,16-17,19-20,22-25H,2,4-13,15,18,21,26H2,(H,31,32);/q;;-2/b2*3-1-;. The van der Waals surface area contributed by atoms with Crippen LogP contribution in [-0.2, 0) is 22.4 Å². The third-order valence-corrected chi connectivity index (χ3v) is 12.2. The first-order valence-corrected chi connectivity index (χ1v) is 25.5. The zero-order valence-corrected chi connectivity index (χ0v) is 42.6. The van der Waals surface area contributed by atoms with E-state index in [9.17, 15) is 9.59 Å². The number of benzene rings is 4. The number of carboxylic acid groups (broad SMARTS) is 2. The van der Waals surface area contributed by atoms with Gasteiger partial charge in [0.25, 0.3) is 0 Å². The summed E-state index contributed by atoms with van der Waals surface area (Å²) >= 11 is 0. The number of carbonyl (C=O) groups is 2. The van der Waals surface area contributed by atoms with E-state index in [4.69, 9.17) is 10.2 Å². The smallest absolute Gasteiger partial charge is 0.303 e. The molecule has 0 aliphatic heterocycles. The van der Waals surface area contributed by atoms with Crippen molar-refractivity contribution in [2.75, 3.05) is 0 Å². The Morgan fingerprint density at radius 1 is 0.323 bits per heavy atom. The minimum Gasteiger partial charge on any atom is -2.00 e. The number of hydrogen-bond donors (Lipinski definition) is 2. The Bertz CT molecular complexity index is 1670. The van der Waals surface area contributed by atoms with Crippen molar-refractivity contribution in [3.8, 4) is 22.3 Å². The molecule has 0 spiro atoms. The molecule has 0 heterocycles. The summed E-state index contributed by atoms with van der Waals surface area (Å²) in [5.41, 5.74) is 8.38. The third kappa shape index (κ3) is 30.3. The fourth-order valence-corrected chi connectivity index (χ4v) is 8.45. The van der Waals surface area contributed by atoms with Crippen LogP contribution in [0.3, 0.4) is 0 Å². The van der Waals surface area contributed by atoms with Crippen molar-refractivity contribution in [2.45, 2.75) is 193 Å². The maximum absolute atomic E-state index is 10.4. The minimum absolute atomic E-state index is 0. The second-order valence-electron chi connectivity index (χ2n) is 17.7. The fraction of sp³-hybridized carbons (Fsp3) is 0.500. The number of carboxylic acids is 2. The van der Waals surface area contributed by atoms with Gasteiger partial charge in [0, 0.05) is 12.8 Å². The predicted molar refractivity (Wildman–Crippen MR) is 280 cm³/mol. The van der Waals surface area contributed by atoms with Gasteiger partial charge in [-0.1, -0.05) is 223 Å². The van der Waals surface area contributed by atoms with Gasteiger partial charge in [0.05, 0.1) is 0 Å². The Morgan fingerprint density at radius 2 is 0.585 bits per heavy atom. The summed E-state index contributed by atoms with van der Waals surface area (Å²) < 4.78 is 0. The zero-order chi connectivity index (χ0) is 45.4. The summed E-state index contributed by atoms with van der Waals surface area (Å²) in [6.45, 7) is 0. The van der Waals surface area contributed by atoms with E-state index in [1.165, 1.54) is 187 Å². The average molecular weight is 892 g/mol. The van der Waals surface area contributed by atoms with Crippen LogP contribution in [0.4, 0.5) is 0 Å². The predicted octanol–water partition coefficient (Wildman–Crippen LogP) is 17.6. The van der Waals surface area contributed by atoms with Gasteiger partial charge >= 0.3 is 11.9 Å². The molecule has 0 bridgehead atoms. The third-order valence-electron chi connectivity index (χ3n) is 12.2. The van der Waals surface area contributed by atoms with E-state index in [0.717, 1.165) is 25.7 Å². The van der Waals surface area contributed by atoms with Crippen LogP contribution < -0.4 is 0 Å². The fourth-order valence-electron chi connectivity index (χ4n) is 8.45. The maximum atomic E-state index is 10.4. The van der Waals surface area contributed by atoms with Crippen molar-refractivity contribution in [3.05, 3.63) is 145 Å². The van der Waals surface area contributed by atoms with Crippen molar-refractivity contribution in [3.63, 3.8) is 0 Å². The van der Waals surface area contributed by atoms with E-state index in [0.29, 0.717) is 12.8 Å². The average Bonchev–Trinajstić information content (AvgIpc) is 3.32. The van der Waals surface area contributed by atoms with Gasteiger partial charge in [-0.15, -0.1) is 0 Å². The van der Waals surface area contributed by atoms with Crippen molar-refractivity contribution in [2.24, 2.45) is 0 Å². The first-order chi connectivity index (χ1) is 31.5. The summed E-state index contributed by atoms with van der Waals surface area (Å²) in [5.74, 6) is -1.34. The number of hydrogen-bond acceptors (Lipinski definition) is 2. The first kappa shape index (κ1) is 57.4. The van der Waals surface area contributed by atoms with Crippen LogP contribution in [0.2, 0.25) is 0 Å². The quantitative estimate of drug-likeness (QED) is 0.0271. The summed E-state index contributed by atoms with van der Waals surface area (Å²) in [6, 6.07) is 39.2. The minimum atomic E-state index is -0.669. The molecule has 0 aromatic heterocycles. The maximum Gasteiger partial charge on any atom is 0.303 e. The number of aliphatic carboxylic acids is 2. The Kier molecular flexibility index (Phi) is 35.8. The van der Waals surface area contributed by atoms with Crippen LogP contribution in [0.1, 0.15) is 191 Å². The van der Waals surface area contributed by atoms with E-state index in [2.05, 4.69) is 133 Å². The molecule has 4 aromatic rings. The summed E-state index contributed by atoms with van der Waals surface area (Å²) in [7, 11) is 0. The normalized spacial score (nSPS) is 11.1. The molecule has 0 aliphatic carbocycles. The Hall–Kier alpha value is -3.70. The molecule has 65 heavy (non-hydrogen) atoms. The molecule has 4 nitrogen and oxygen atoms in total. The van der Waals surface area contributed by atoms with Crippen molar-refractivity contribution in [1.82, 2.24) is 0 Å². The number of rotatable bonds is 36. The van der Waals surface area contributed by atoms with E-state index < -0.39 is 11.9 Å². The molecule has 0 fully saturated rings. The monoisotopic (exact) mass is 892 g/mol. The largest absolute Gasteiger partial charge is 2.00 e. The first-order valence-electron chi connectivity index (χ1n) is 25.5. The van der Waals surface area contributed by atoms with E-state index in [-0.39, 0.29) is 29.6 Å². The van der Waals surface area contributed by atoms with Crippen LogP contribution in [0.15, 0.2) is 133 Å². The molecule has 2 N–H and O–H groups in total. The molecule has 0 saturated carbocycles. The summed E-state index contributed by atoms with van der Waals surface area (Å²) in [6.07, 6.45) is 44.0. The molecule has 0 aliphatic rings. The van der Waals surface area contributed by atoms with E-state index in [1.54, 1.807) is 0 Å². The molecule has 3 radical (unpaired) electrons. The van der Waals surface area contributed by atoms with Gasteiger partial charge in [-0.3, -0.25) is 9.59 Å². The SMILES string of the molecule is O=C(O)CCCCCCC/C=C\CCCCCCCCc1ccccc1-c1ccccc1.O=C(O)CCCCCCC/C=C\CCCCCCCCc1ccccc1-c1ccccc1.[Na-2]. The molecule has 0 saturated heterocycles. The van der Waals surface area contributed by atoms with Crippen LogP contribution in [0.25, 0.3) is 22.3 Å². The van der Waals surface area contributed by atoms with Crippen LogP contribution in [0.5, 0.6) is 0 Å². The van der Waals surface area contributed by atoms with Crippen molar-refractivity contribution in [1.29, 1.82) is 0 Å². The van der Waals surface area contributed by atoms with Crippen molar-refractivity contribution < 1.29 is 19.8 Å². The summed E-state index contributed by atoms with van der Waals surface area (Å²) in [4.78, 5) is 20.9.